The fourth-order valence-corrected chi connectivity index (χ4v) is 4.78. The van der Waals surface area contributed by atoms with Gasteiger partial charge in [0, 0.05) is 20.5 Å². The third-order valence-electron chi connectivity index (χ3n) is 5.33. The Hall–Kier alpha value is -2.32. The number of benzene rings is 2. The van der Waals surface area contributed by atoms with E-state index in [4.69, 9.17) is 56.2 Å². The van der Waals surface area contributed by atoms with Crippen LogP contribution in [0.25, 0.3) is 0 Å². The summed E-state index contributed by atoms with van der Waals surface area (Å²) in [6.45, 7) is 5.77. The molecule has 0 N–H and O–H groups in total. The zero-order valence-electron chi connectivity index (χ0n) is 18.5. The average Bonchev–Trinajstić information content (AvgIpc) is 3.40. The van der Waals surface area contributed by atoms with Gasteiger partial charge in [0.2, 0.25) is 0 Å². The second-order valence-electron chi connectivity index (χ2n) is 8.77. The summed E-state index contributed by atoms with van der Waals surface area (Å²) in [5, 5.41) is 12.2. The Kier molecular flexibility index (Phi) is 7.10. The predicted molar refractivity (Wildman–Crippen MR) is 134 cm³/mol. The summed E-state index contributed by atoms with van der Waals surface area (Å²) in [4.78, 5) is 17.6. The van der Waals surface area contributed by atoms with Crippen molar-refractivity contribution in [1.82, 2.24) is 19.8 Å². The minimum absolute atomic E-state index is 0.298. The van der Waals surface area contributed by atoms with Crippen molar-refractivity contribution in [2.45, 2.75) is 32.9 Å². The molecule has 1 aliphatic heterocycles. The van der Waals surface area contributed by atoms with Crippen LogP contribution in [0.15, 0.2) is 54.2 Å². The summed E-state index contributed by atoms with van der Waals surface area (Å²) in [5.74, 6) is -0.0426. The summed E-state index contributed by atoms with van der Waals surface area (Å²) < 4.78 is 7.39. The lowest BCUT2D eigenvalue weighted by molar-refractivity contribution is -0.135. The van der Waals surface area contributed by atoms with Gasteiger partial charge in [0.25, 0.3) is 5.91 Å². The molecule has 0 saturated carbocycles. The van der Waals surface area contributed by atoms with Crippen LogP contribution in [0, 0.1) is 5.41 Å². The highest BCUT2D eigenvalue weighted by atomic mass is 35.5. The smallest absolute Gasteiger partial charge is 0.281 e. The topological polar surface area (TPSA) is 72.6 Å². The Morgan fingerprint density at radius 3 is 2.26 bits per heavy atom. The lowest BCUT2D eigenvalue weighted by atomic mass is 9.82. The van der Waals surface area contributed by atoms with Crippen LogP contribution in [0.1, 0.15) is 38.4 Å². The van der Waals surface area contributed by atoms with E-state index >= 15 is 0 Å². The van der Waals surface area contributed by atoms with Crippen LogP contribution in [0.3, 0.4) is 0 Å². The maximum Gasteiger partial charge on any atom is 0.281 e. The van der Waals surface area contributed by atoms with E-state index in [1.54, 1.807) is 47.4 Å². The molecule has 2 unspecified atom stereocenters. The van der Waals surface area contributed by atoms with E-state index in [2.05, 4.69) is 10.1 Å². The molecule has 7 nitrogen and oxygen atoms in total. The van der Waals surface area contributed by atoms with Crippen molar-refractivity contribution >= 4 is 58.0 Å². The first-order valence-corrected chi connectivity index (χ1v) is 11.9. The van der Waals surface area contributed by atoms with Gasteiger partial charge in [0.15, 0.2) is 6.61 Å². The Morgan fingerprint density at radius 2 is 1.68 bits per heavy atom. The Morgan fingerprint density at radius 1 is 1.00 bits per heavy atom. The number of hydrazone groups is 1. The zero-order chi connectivity index (χ0) is 24.6. The molecular weight excluding hydrogens is 520 g/mol. The molecule has 0 saturated heterocycles. The van der Waals surface area contributed by atoms with E-state index in [0.717, 1.165) is 5.71 Å². The van der Waals surface area contributed by atoms with E-state index in [1.165, 1.54) is 11.3 Å². The van der Waals surface area contributed by atoms with Gasteiger partial charge in [-0.15, -0.1) is 0 Å². The molecule has 1 amide bonds. The molecule has 34 heavy (non-hydrogen) atoms. The third kappa shape index (κ3) is 5.03. The van der Waals surface area contributed by atoms with Crippen LogP contribution in [-0.4, -0.2) is 38.0 Å². The van der Waals surface area contributed by atoms with Crippen molar-refractivity contribution in [1.29, 1.82) is 0 Å². The quantitative estimate of drug-likeness (QED) is 0.370. The van der Waals surface area contributed by atoms with Gasteiger partial charge in [-0.1, -0.05) is 73.2 Å². The normalized spacial score (nSPS) is 18.2. The van der Waals surface area contributed by atoms with Crippen molar-refractivity contribution in [3.8, 4) is 5.75 Å². The summed E-state index contributed by atoms with van der Waals surface area (Å²) >= 11 is 24.9. The maximum absolute atomic E-state index is 13.5. The van der Waals surface area contributed by atoms with Gasteiger partial charge in [-0.3, -0.25) is 4.79 Å². The maximum atomic E-state index is 13.5. The van der Waals surface area contributed by atoms with Crippen molar-refractivity contribution in [2.24, 2.45) is 10.5 Å². The number of carbonyl (C=O) groups excluding carboxylic acids is 1. The highest BCUT2D eigenvalue weighted by molar-refractivity contribution is 6.36. The molecule has 11 heteroatoms. The minimum Gasteiger partial charge on any atom is -0.482 e. The Balaban J connectivity index is 1.74. The molecule has 3 aromatic rings. The number of rotatable bonds is 5. The van der Waals surface area contributed by atoms with Gasteiger partial charge < -0.3 is 4.74 Å². The van der Waals surface area contributed by atoms with E-state index in [0.29, 0.717) is 31.4 Å². The highest BCUT2D eigenvalue weighted by Crippen LogP contribution is 2.45. The highest BCUT2D eigenvalue weighted by Gasteiger charge is 2.47. The molecule has 2 aromatic carbocycles. The largest absolute Gasteiger partial charge is 0.482 e. The summed E-state index contributed by atoms with van der Waals surface area (Å²) in [6, 6.07) is 8.90. The van der Waals surface area contributed by atoms with Crippen molar-refractivity contribution in [2.75, 3.05) is 6.61 Å². The standard InChI is InChI=1S/C23H21Cl4N5O2/c1-23(2,3)22-21(31-12-28-11-29-31)20(15-6-4-13(24)8-16(15)26)32(30-22)19(33)10-34-18-7-5-14(25)9-17(18)27/h4-9,11-12,20-21H,10H2,1-3H3. The van der Waals surface area contributed by atoms with Gasteiger partial charge >= 0.3 is 0 Å². The first kappa shape index (κ1) is 24.8. The number of hydrogen-bond donors (Lipinski definition) is 0. The zero-order valence-corrected chi connectivity index (χ0v) is 21.6. The predicted octanol–water partition coefficient (Wildman–Crippen LogP) is 6.50. The Labute approximate surface area is 217 Å². The van der Waals surface area contributed by atoms with Crippen molar-refractivity contribution < 1.29 is 9.53 Å². The number of carbonyl (C=O) groups is 1. The molecule has 178 valence electrons. The number of amides is 1. The number of aromatic nitrogens is 3. The van der Waals surface area contributed by atoms with Gasteiger partial charge in [0.1, 0.15) is 30.5 Å². The fraction of sp³-hybridized carbons (Fsp3) is 0.304. The van der Waals surface area contributed by atoms with Crippen LogP contribution in [0.4, 0.5) is 0 Å². The first-order chi connectivity index (χ1) is 16.1. The second kappa shape index (κ2) is 9.74. The van der Waals surface area contributed by atoms with Gasteiger partial charge in [-0.2, -0.15) is 10.2 Å². The summed E-state index contributed by atoms with van der Waals surface area (Å²) in [5.41, 5.74) is 1.03. The van der Waals surface area contributed by atoms with Crippen LogP contribution < -0.4 is 4.74 Å². The lowest BCUT2D eigenvalue weighted by Gasteiger charge is -2.30. The van der Waals surface area contributed by atoms with E-state index in [1.807, 2.05) is 20.8 Å². The molecule has 2 atom stereocenters. The molecule has 0 bridgehead atoms. The van der Waals surface area contributed by atoms with Gasteiger partial charge in [0.05, 0.1) is 10.7 Å². The lowest BCUT2D eigenvalue weighted by Crippen LogP contribution is -2.36. The number of ether oxygens (including phenoxy) is 1. The molecule has 0 radical (unpaired) electrons. The van der Waals surface area contributed by atoms with Crippen LogP contribution in [0.5, 0.6) is 5.75 Å². The fourth-order valence-electron chi connectivity index (χ4n) is 3.80. The van der Waals surface area contributed by atoms with E-state index in [9.17, 15) is 4.79 Å². The third-order valence-corrected chi connectivity index (χ3v) is 6.42. The number of halogens is 4. The average molecular weight is 541 g/mol. The summed E-state index contributed by atoms with van der Waals surface area (Å²) in [7, 11) is 0. The second-order valence-corrected chi connectivity index (χ2v) is 10.5. The molecule has 1 aromatic heterocycles. The molecule has 0 spiro atoms. The van der Waals surface area contributed by atoms with E-state index < -0.39 is 12.1 Å². The first-order valence-electron chi connectivity index (χ1n) is 10.3. The number of hydrogen-bond acceptors (Lipinski definition) is 5. The molecule has 0 fully saturated rings. The van der Waals surface area contributed by atoms with Crippen molar-refractivity contribution in [3.63, 3.8) is 0 Å². The Bertz CT molecular complexity index is 1240. The van der Waals surface area contributed by atoms with Crippen LogP contribution >= 0.6 is 46.4 Å². The van der Waals surface area contributed by atoms with Crippen LogP contribution in [0.2, 0.25) is 20.1 Å². The van der Waals surface area contributed by atoms with Crippen molar-refractivity contribution in [3.05, 3.63) is 74.7 Å². The van der Waals surface area contributed by atoms with Gasteiger partial charge in [-0.05, 0) is 35.9 Å². The van der Waals surface area contributed by atoms with E-state index in [-0.39, 0.29) is 17.9 Å². The minimum atomic E-state index is -0.600. The molecule has 2 heterocycles. The van der Waals surface area contributed by atoms with Crippen LogP contribution in [-0.2, 0) is 4.79 Å². The summed E-state index contributed by atoms with van der Waals surface area (Å²) in [6.07, 6.45) is 3.04. The number of nitrogens with zero attached hydrogens (tertiary/aromatic N) is 5. The molecule has 1 aliphatic rings. The molecule has 0 aliphatic carbocycles. The molecule has 4 rings (SSSR count). The molecular formula is C23H21Cl4N5O2. The van der Waals surface area contributed by atoms with Gasteiger partial charge in [-0.25, -0.2) is 14.7 Å². The SMILES string of the molecule is CC(C)(C)C1=NN(C(=O)COc2ccc(Cl)cc2Cl)C(c2ccc(Cl)cc2Cl)C1n1cncn1. The monoisotopic (exact) mass is 539 g/mol.